The SMILES string of the molecule is C[C@@H](O)[C@H]1C(=O)N2C(C(=O)OCc3ccc([N+](=O)[O-])cc3)=C(S[C@H]3C[C@@H](C4CC(C(N)=O)N(C(=O)OCc5ccc([N+](=O)[O-])cc5)C4)N(C(=O)OCc4ccc([N+](=O)[O-])cc4)C3)[C@H](C)[C@H]12. The van der Waals surface area contributed by atoms with Gasteiger partial charge in [0.1, 0.15) is 31.6 Å². The lowest BCUT2D eigenvalue weighted by Crippen LogP contribution is -2.63. The van der Waals surface area contributed by atoms with E-state index in [1.165, 1.54) is 106 Å². The van der Waals surface area contributed by atoms with E-state index < -0.39 is 92.0 Å². The molecule has 3 fully saturated rings. The largest absolute Gasteiger partial charge is 0.456 e. The van der Waals surface area contributed by atoms with Crippen molar-refractivity contribution in [2.24, 2.45) is 23.5 Å². The summed E-state index contributed by atoms with van der Waals surface area (Å²) in [5.74, 6) is -3.96. The predicted molar refractivity (Wildman–Crippen MR) is 226 cm³/mol. The van der Waals surface area contributed by atoms with Crippen LogP contribution in [0.1, 0.15) is 43.4 Å². The Kier molecular flexibility index (Phi) is 13.3. The van der Waals surface area contributed by atoms with Gasteiger partial charge in [0.25, 0.3) is 17.1 Å². The van der Waals surface area contributed by atoms with E-state index in [1.807, 2.05) is 6.92 Å². The molecule has 0 aliphatic carbocycles. The van der Waals surface area contributed by atoms with Crippen LogP contribution in [0.25, 0.3) is 0 Å². The van der Waals surface area contributed by atoms with Crippen LogP contribution in [0.5, 0.6) is 0 Å². The molecule has 0 bridgehead atoms. The lowest BCUT2D eigenvalue weighted by molar-refractivity contribution is -0.385. The van der Waals surface area contributed by atoms with Crippen LogP contribution in [0.3, 0.4) is 0 Å². The molecule has 0 aromatic heterocycles. The Bertz CT molecular complexity index is 2430. The number of rotatable bonds is 15. The molecule has 3 aromatic rings. The van der Waals surface area contributed by atoms with E-state index in [2.05, 4.69) is 0 Å². The number of likely N-dealkylation sites (tertiary alicyclic amines) is 2. The van der Waals surface area contributed by atoms with Crippen molar-refractivity contribution in [2.75, 3.05) is 13.1 Å². The number of primary amides is 1. The summed E-state index contributed by atoms with van der Waals surface area (Å²) in [5, 5.41) is 43.5. The average Bonchev–Trinajstić information content (AvgIpc) is 3.98. The number of amides is 4. The monoisotopic (exact) mass is 917 g/mol. The first-order chi connectivity index (χ1) is 30.9. The summed E-state index contributed by atoms with van der Waals surface area (Å²) in [7, 11) is 0. The molecular weight excluding hydrogens is 875 g/mol. The van der Waals surface area contributed by atoms with Gasteiger partial charge < -0.3 is 34.9 Å². The Morgan fingerprint density at radius 1 is 0.754 bits per heavy atom. The van der Waals surface area contributed by atoms with Gasteiger partial charge in [-0.2, -0.15) is 0 Å². The quantitative estimate of drug-likeness (QED) is 0.0695. The van der Waals surface area contributed by atoms with Crippen LogP contribution < -0.4 is 5.73 Å². The molecule has 3 saturated heterocycles. The number of nitro benzene ring substituents is 3. The van der Waals surface area contributed by atoms with Crippen molar-refractivity contribution < 1.29 is 58.1 Å². The number of β-lactam (4-membered cyclic amide) rings is 1. The highest BCUT2D eigenvalue weighted by atomic mass is 32.2. The maximum absolute atomic E-state index is 14.0. The number of non-ortho nitro benzene ring substituents is 3. The van der Waals surface area contributed by atoms with Crippen molar-refractivity contribution in [2.45, 2.75) is 76.0 Å². The number of nitrogens with zero attached hydrogens (tertiary/aromatic N) is 6. The molecule has 3 aromatic carbocycles. The van der Waals surface area contributed by atoms with Crippen molar-refractivity contribution in [1.82, 2.24) is 14.7 Å². The molecule has 4 amide bonds. The van der Waals surface area contributed by atoms with Gasteiger partial charge in [-0.15, -0.1) is 11.8 Å². The van der Waals surface area contributed by atoms with Crippen LogP contribution in [-0.2, 0) is 48.4 Å². The molecule has 22 nitrogen and oxygen atoms in total. The zero-order valence-electron chi connectivity index (χ0n) is 34.8. The Labute approximate surface area is 373 Å². The van der Waals surface area contributed by atoms with E-state index in [-0.39, 0.29) is 68.5 Å². The third-order valence-electron chi connectivity index (χ3n) is 12.1. The summed E-state index contributed by atoms with van der Waals surface area (Å²) in [6, 6.07) is 13.8. The number of hydrogen-bond donors (Lipinski definition) is 2. The number of carbonyl (C=O) groups is 5. The van der Waals surface area contributed by atoms with Crippen LogP contribution in [0, 0.1) is 48.1 Å². The minimum absolute atomic E-state index is 0.0244. The Hall–Kier alpha value is -7.14. The number of aliphatic hydroxyl groups is 1. The number of aliphatic hydroxyl groups excluding tert-OH is 1. The highest BCUT2D eigenvalue weighted by molar-refractivity contribution is 8.03. The lowest BCUT2D eigenvalue weighted by atomic mass is 9.79. The molecule has 4 aliphatic rings. The Balaban J connectivity index is 1.13. The first kappa shape index (κ1) is 45.9. The summed E-state index contributed by atoms with van der Waals surface area (Å²) in [5.41, 5.74) is 6.67. The van der Waals surface area contributed by atoms with Gasteiger partial charge in [-0.25, -0.2) is 14.4 Å². The van der Waals surface area contributed by atoms with Crippen LogP contribution in [0.2, 0.25) is 0 Å². The average molecular weight is 918 g/mol. The molecule has 2 unspecified atom stereocenters. The van der Waals surface area contributed by atoms with Crippen molar-refractivity contribution in [1.29, 1.82) is 0 Å². The number of benzene rings is 3. The normalized spacial score (nSPS) is 24.0. The third kappa shape index (κ3) is 9.55. The van der Waals surface area contributed by atoms with Gasteiger partial charge in [0, 0.05) is 71.6 Å². The Morgan fingerprint density at radius 3 is 1.66 bits per heavy atom. The number of fused-ring (bicyclic) bond motifs is 1. The number of nitrogens with two attached hydrogens (primary N) is 1. The summed E-state index contributed by atoms with van der Waals surface area (Å²) < 4.78 is 16.9. The molecule has 4 heterocycles. The van der Waals surface area contributed by atoms with Gasteiger partial charge in [0.15, 0.2) is 0 Å². The van der Waals surface area contributed by atoms with Crippen molar-refractivity contribution >= 4 is 58.8 Å². The highest BCUT2D eigenvalue weighted by Crippen LogP contribution is 2.53. The summed E-state index contributed by atoms with van der Waals surface area (Å²) in [4.78, 5) is 104. The lowest BCUT2D eigenvalue weighted by Gasteiger charge is -2.46. The molecule has 3 N–H and O–H groups in total. The fraction of sp³-hybridized carbons (Fsp3) is 0.405. The van der Waals surface area contributed by atoms with Gasteiger partial charge in [0.05, 0.1) is 32.8 Å². The molecule has 23 heteroatoms. The van der Waals surface area contributed by atoms with E-state index in [1.54, 1.807) is 0 Å². The van der Waals surface area contributed by atoms with E-state index in [4.69, 9.17) is 19.9 Å². The molecular formula is C42H43N7O15S. The van der Waals surface area contributed by atoms with Gasteiger partial charge in [0.2, 0.25) is 11.8 Å². The second-order valence-electron chi connectivity index (χ2n) is 16.2. The number of ether oxygens (including phenoxy) is 3. The standard InChI is InChI=1S/C42H43N7O15S/c1-22-35-34(23(2)50)39(52)46(35)36(40(53)62-19-24-3-9-28(10-4-24)47(56)57)37(22)65-31-16-32(45(18-31)42(55)64-21-26-7-13-30(14-8-26)49(60)61)27-15-33(38(43)51)44(17-27)41(54)63-20-25-5-11-29(12-6-25)48(58)59/h3-14,22-23,27,31-35,50H,15-21H2,1-2H3,(H2,43,51)/t22-,23-,27?,31+,32+,33?,34-,35-/m1/s1. The first-order valence-corrected chi connectivity index (χ1v) is 21.3. The smallest absolute Gasteiger partial charge is 0.410 e. The summed E-state index contributed by atoms with van der Waals surface area (Å²) >= 11 is 1.25. The fourth-order valence-corrected chi connectivity index (χ4v) is 10.4. The zero-order valence-corrected chi connectivity index (χ0v) is 35.6. The summed E-state index contributed by atoms with van der Waals surface area (Å²) in [6.45, 7) is 2.48. The topological polar surface area (TPSA) is 298 Å². The third-order valence-corrected chi connectivity index (χ3v) is 13.6. The minimum atomic E-state index is -1.13. The Morgan fingerprint density at radius 2 is 1.22 bits per heavy atom. The van der Waals surface area contributed by atoms with Crippen LogP contribution in [0.4, 0.5) is 26.7 Å². The minimum Gasteiger partial charge on any atom is -0.456 e. The number of carbonyl (C=O) groups excluding carboxylic acids is 5. The number of nitro groups is 3. The molecule has 65 heavy (non-hydrogen) atoms. The predicted octanol–water partition coefficient (Wildman–Crippen LogP) is 4.55. The molecule has 8 atom stereocenters. The maximum atomic E-state index is 14.0. The second kappa shape index (κ2) is 18.9. The van der Waals surface area contributed by atoms with Crippen LogP contribution >= 0.6 is 11.8 Å². The van der Waals surface area contributed by atoms with Gasteiger partial charge >= 0.3 is 18.2 Å². The van der Waals surface area contributed by atoms with Gasteiger partial charge in [-0.1, -0.05) is 6.92 Å². The fourth-order valence-electron chi connectivity index (χ4n) is 8.85. The van der Waals surface area contributed by atoms with Gasteiger partial charge in [-0.05, 0) is 78.8 Å². The number of hydrogen-bond acceptors (Lipinski definition) is 16. The zero-order chi connectivity index (χ0) is 46.9. The molecule has 0 spiro atoms. The van der Waals surface area contributed by atoms with Crippen molar-refractivity contribution in [3.63, 3.8) is 0 Å². The second-order valence-corrected chi connectivity index (χ2v) is 17.5. The number of esters is 1. The van der Waals surface area contributed by atoms with Crippen molar-refractivity contribution in [3.05, 3.63) is 130 Å². The molecule has 0 saturated carbocycles. The maximum Gasteiger partial charge on any atom is 0.410 e. The van der Waals surface area contributed by atoms with Crippen LogP contribution in [0.15, 0.2) is 83.4 Å². The number of thioether (sulfide) groups is 1. The van der Waals surface area contributed by atoms with E-state index in [0.717, 1.165) is 0 Å². The first-order valence-electron chi connectivity index (χ1n) is 20.4. The molecule has 4 aliphatic heterocycles. The highest BCUT2D eigenvalue weighted by Gasteiger charge is 2.61. The van der Waals surface area contributed by atoms with Crippen LogP contribution in [-0.4, -0.2) is 107 Å². The van der Waals surface area contributed by atoms with E-state index in [0.29, 0.717) is 21.6 Å². The van der Waals surface area contributed by atoms with Crippen molar-refractivity contribution in [3.8, 4) is 0 Å². The van der Waals surface area contributed by atoms with E-state index >= 15 is 0 Å². The molecule has 342 valence electrons. The molecule has 0 radical (unpaired) electrons. The van der Waals surface area contributed by atoms with Gasteiger partial charge in [-0.3, -0.25) is 44.8 Å². The molecule has 7 rings (SSSR count). The summed E-state index contributed by atoms with van der Waals surface area (Å²) in [6.07, 6.45) is -2.39. The van der Waals surface area contributed by atoms with E-state index in [9.17, 15) is 59.4 Å².